The molecule has 1 heterocycles. The molecule has 0 spiro atoms. The van der Waals surface area contributed by atoms with E-state index in [0.717, 1.165) is 32.1 Å². The van der Waals surface area contributed by atoms with Crippen LogP contribution in [0.4, 0.5) is 0 Å². The zero-order valence-corrected chi connectivity index (χ0v) is 27.8. The van der Waals surface area contributed by atoms with Crippen LogP contribution in [0.2, 0.25) is 0 Å². The first-order valence-corrected chi connectivity index (χ1v) is 18.5. The molecule has 0 aromatic heterocycles. The first kappa shape index (κ1) is 35.9. The van der Waals surface area contributed by atoms with Crippen molar-refractivity contribution in [3.63, 3.8) is 0 Å². The van der Waals surface area contributed by atoms with Crippen molar-refractivity contribution in [1.82, 2.24) is 5.32 Å². The lowest BCUT2D eigenvalue weighted by Crippen LogP contribution is -2.61. The number of hydrogen-bond acceptors (Lipinski definition) is 10. The maximum Gasteiger partial charge on any atom is 0.335 e. The predicted molar refractivity (Wildman–Crippen MR) is 164 cm³/mol. The Kier molecular flexibility index (Phi) is 10.5. The highest BCUT2D eigenvalue weighted by Crippen LogP contribution is 2.68. The third-order valence-electron chi connectivity index (χ3n) is 13.0. The van der Waals surface area contributed by atoms with Gasteiger partial charge in [-0.3, -0.25) is 9.35 Å². The molecule has 4 saturated carbocycles. The van der Waals surface area contributed by atoms with Crippen molar-refractivity contribution in [2.75, 3.05) is 12.3 Å². The minimum absolute atomic E-state index is 0.0136. The van der Waals surface area contributed by atoms with Gasteiger partial charge in [0.2, 0.25) is 5.91 Å². The number of carboxylic acids is 1. The zero-order valence-electron chi connectivity index (χ0n) is 27.0. The second-order valence-electron chi connectivity index (χ2n) is 15.4. The molecule has 7 N–H and O–H groups in total. The Bertz CT molecular complexity index is 1230. The van der Waals surface area contributed by atoms with E-state index >= 15 is 0 Å². The van der Waals surface area contributed by atoms with Crippen molar-refractivity contribution < 1.29 is 57.6 Å². The summed E-state index contributed by atoms with van der Waals surface area (Å²) in [5.41, 5.74) is 0.0351. The van der Waals surface area contributed by atoms with Crippen LogP contribution >= 0.6 is 0 Å². The third kappa shape index (κ3) is 6.87. The molecule has 1 unspecified atom stereocenters. The number of fused-ring (bicyclic) bond motifs is 5. The summed E-state index contributed by atoms with van der Waals surface area (Å²) in [7, 11) is -4.12. The van der Waals surface area contributed by atoms with Crippen LogP contribution < -0.4 is 5.32 Å². The monoisotopic (exact) mass is 675 g/mol. The Hall–Kier alpha value is -1.39. The Labute approximate surface area is 271 Å². The fourth-order valence-corrected chi connectivity index (χ4v) is 11.0. The van der Waals surface area contributed by atoms with E-state index in [2.05, 4.69) is 26.1 Å². The first-order valence-electron chi connectivity index (χ1n) is 16.9. The normalized spacial score (nSPS) is 46.4. The molecule has 4 aliphatic carbocycles. The molecular formula is C32H53NO12S. The molecule has 264 valence electrons. The van der Waals surface area contributed by atoms with Gasteiger partial charge in [0.1, 0.15) is 18.3 Å². The van der Waals surface area contributed by atoms with E-state index in [1.54, 1.807) is 0 Å². The van der Waals surface area contributed by atoms with Gasteiger partial charge < -0.3 is 40.3 Å². The van der Waals surface area contributed by atoms with Gasteiger partial charge in [-0.25, -0.2) is 4.79 Å². The minimum atomic E-state index is -4.12. The lowest BCUT2D eigenvalue weighted by atomic mass is 9.43. The number of carboxylic acid groups (broad SMARTS) is 1. The molecule has 15 atom stereocenters. The van der Waals surface area contributed by atoms with E-state index in [9.17, 15) is 43.5 Å². The molecule has 46 heavy (non-hydrogen) atoms. The molecule has 5 fully saturated rings. The molecule has 14 heteroatoms. The molecule has 1 saturated heterocycles. The van der Waals surface area contributed by atoms with Crippen molar-refractivity contribution in [2.45, 2.75) is 128 Å². The number of aliphatic carboxylic acids is 1. The van der Waals surface area contributed by atoms with Crippen LogP contribution in [0.15, 0.2) is 0 Å². The zero-order chi connectivity index (χ0) is 33.8. The molecule has 0 aromatic carbocycles. The quantitative estimate of drug-likeness (QED) is 0.129. The Morgan fingerprint density at radius 3 is 2.30 bits per heavy atom. The summed E-state index contributed by atoms with van der Waals surface area (Å²) in [6.07, 6.45) is -1.13. The molecule has 5 rings (SSSR count). The minimum Gasteiger partial charge on any atom is -0.479 e. The summed E-state index contributed by atoms with van der Waals surface area (Å²) in [6.45, 7) is 6.78. The third-order valence-corrected chi connectivity index (χ3v) is 13.8. The number of aliphatic hydroxyl groups excluding tert-OH is 4. The second kappa shape index (κ2) is 13.5. The number of carbonyl (C=O) groups is 2. The van der Waals surface area contributed by atoms with Gasteiger partial charge in [0.05, 0.1) is 18.0 Å². The standard InChI is InChI=1S/C32H53NO12S/c1-16(4-7-23(35)33-12-13-46(41,42)43)19-5-6-20-24-21(9-11-32(19,20)3)31(2)10-8-18(14-17(31)15-22(24)34)44-30-27(38)25(36)26(37)28(45-30)29(39)40/h16-22,24-28,30,34,36-38H,4-15H2,1-3H3,(H,33,35)(H,39,40)(H,41,42,43)/t16-,17+,18-,19-,20+,21+,22+,24+,25?,26+,27-,28+,30-,31+,32-/m1/s1. The summed E-state index contributed by atoms with van der Waals surface area (Å²) >= 11 is 0. The summed E-state index contributed by atoms with van der Waals surface area (Å²) in [6, 6.07) is 0. The molecule has 0 radical (unpaired) electrons. The average Bonchev–Trinajstić information content (AvgIpc) is 3.33. The van der Waals surface area contributed by atoms with Crippen LogP contribution in [0.5, 0.6) is 0 Å². The Balaban J connectivity index is 1.20. The van der Waals surface area contributed by atoms with E-state index in [-0.39, 0.29) is 47.1 Å². The molecular weight excluding hydrogens is 622 g/mol. The van der Waals surface area contributed by atoms with Gasteiger partial charge in [0.15, 0.2) is 12.4 Å². The summed E-state index contributed by atoms with van der Waals surface area (Å²) in [4.78, 5) is 23.9. The fourth-order valence-electron chi connectivity index (χ4n) is 10.6. The van der Waals surface area contributed by atoms with Gasteiger partial charge in [-0.15, -0.1) is 0 Å². The van der Waals surface area contributed by atoms with Crippen molar-refractivity contribution in [1.29, 1.82) is 0 Å². The number of amides is 1. The highest BCUT2D eigenvalue weighted by atomic mass is 32.2. The van der Waals surface area contributed by atoms with Gasteiger partial charge >= 0.3 is 5.97 Å². The smallest absolute Gasteiger partial charge is 0.335 e. The summed E-state index contributed by atoms with van der Waals surface area (Å²) in [5, 5.41) is 54.4. The van der Waals surface area contributed by atoms with Crippen LogP contribution in [0.1, 0.15) is 85.0 Å². The Morgan fingerprint density at radius 1 is 0.957 bits per heavy atom. The number of aliphatic hydroxyl groups is 4. The fraction of sp³-hybridized carbons (Fsp3) is 0.938. The number of nitrogens with one attached hydrogen (secondary N) is 1. The van der Waals surface area contributed by atoms with E-state index in [1.165, 1.54) is 0 Å². The van der Waals surface area contributed by atoms with E-state index in [4.69, 9.17) is 14.0 Å². The van der Waals surface area contributed by atoms with Gasteiger partial charge in [-0.1, -0.05) is 20.8 Å². The molecule has 0 aromatic rings. The van der Waals surface area contributed by atoms with Crippen molar-refractivity contribution in [3.05, 3.63) is 0 Å². The van der Waals surface area contributed by atoms with Crippen LogP contribution in [0.25, 0.3) is 0 Å². The van der Waals surface area contributed by atoms with Crippen LogP contribution in [0.3, 0.4) is 0 Å². The summed E-state index contributed by atoms with van der Waals surface area (Å²) < 4.78 is 42.2. The van der Waals surface area contributed by atoms with E-state index in [1.807, 2.05) is 0 Å². The highest BCUT2D eigenvalue weighted by Gasteiger charge is 2.63. The average molecular weight is 676 g/mol. The topological polar surface area (TPSA) is 220 Å². The maximum absolute atomic E-state index is 12.3. The predicted octanol–water partition coefficient (Wildman–Crippen LogP) is 1.31. The Morgan fingerprint density at radius 2 is 1.63 bits per heavy atom. The second-order valence-corrected chi connectivity index (χ2v) is 17.0. The molecule has 0 bridgehead atoms. The van der Waals surface area contributed by atoms with Crippen molar-refractivity contribution in [3.8, 4) is 0 Å². The SMILES string of the molecule is C[C@H](CCC(=O)NCCS(=O)(=O)O)[C@H]1CC[C@H]2[C@@H]3[C@@H](O)C[C@@H]4C[C@H](O[C@@H]5O[C@H](C(=O)O)[C@@H](O)C(O)[C@H]5O)CC[C@]4(C)[C@H]3CC[C@]12C. The van der Waals surface area contributed by atoms with Crippen molar-refractivity contribution >= 4 is 22.0 Å². The number of carbonyl (C=O) groups excluding carboxylic acids is 1. The lowest BCUT2D eigenvalue weighted by molar-refractivity contribution is -0.310. The van der Waals surface area contributed by atoms with Gasteiger partial charge in [0.25, 0.3) is 10.1 Å². The van der Waals surface area contributed by atoms with Gasteiger partial charge in [-0.2, -0.15) is 8.42 Å². The lowest BCUT2D eigenvalue weighted by Gasteiger charge is -2.62. The van der Waals surface area contributed by atoms with Gasteiger partial charge in [-0.05, 0) is 104 Å². The van der Waals surface area contributed by atoms with Crippen LogP contribution in [-0.2, 0) is 29.2 Å². The van der Waals surface area contributed by atoms with Crippen LogP contribution in [-0.4, -0.2) is 106 Å². The molecule has 1 amide bonds. The summed E-state index contributed by atoms with van der Waals surface area (Å²) in [5.74, 6) is -0.427. The number of rotatable bonds is 10. The first-order chi connectivity index (χ1) is 21.5. The van der Waals surface area contributed by atoms with Gasteiger partial charge in [0, 0.05) is 13.0 Å². The highest BCUT2D eigenvalue weighted by molar-refractivity contribution is 7.85. The van der Waals surface area contributed by atoms with E-state index < -0.39 is 58.7 Å². The molecule has 1 aliphatic heterocycles. The molecule has 13 nitrogen and oxygen atoms in total. The largest absolute Gasteiger partial charge is 0.479 e. The molecule has 5 aliphatic rings. The number of hydrogen-bond donors (Lipinski definition) is 7. The van der Waals surface area contributed by atoms with Crippen molar-refractivity contribution in [2.24, 2.45) is 46.3 Å². The number of ether oxygens (including phenoxy) is 2. The maximum atomic E-state index is 12.3. The van der Waals surface area contributed by atoms with E-state index in [0.29, 0.717) is 49.9 Å². The van der Waals surface area contributed by atoms with Crippen LogP contribution in [0, 0.1) is 46.3 Å².